The summed E-state index contributed by atoms with van der Waals surface area (Å²) in [6.07, 6.45) is 0. The van der Waals surface area contributed by atoms with Crippen LogP contribution in [-0.2, 0) is 4.79 Å². The molecule has 122 valence electrons. The summed E-state index contributed by atoms with van der Waals surface area (Å²) >= 11 is 0. The van der Waals surface area contributed by atoms with Crippen molar-refractivity contribution in [2.24, 2.45) is 0 Å². The van der Waals surface area contributed by atoms with E-state index in [-0.39, 0.29) is 18.0 Å². The number of aromatic nitrogens is 2. The number of halogens is 1. The van der Waals surface area contributed by atoms with Crippen molar-refractivity contribution in [2.75, 3.05) is 13.6 Å². The molecule has 1 atom stereocenters. The monoisotopic (exact) mass is 320 g/mol. The van der Waals surface area contributed by atoms with Gasteiger partial charge in [-0.05, 0) is 38.1 Å². The van der Waals surface area contributed by atoms with Crippen LogP contribution in [0.15, 0.2) is 28.8 Å². The highest BCUT2D eigenvalue weighted by atomic mass is 19.1. The first-order chi connectivity index (χ1) is 10.9. The Morgan fingerprint density at radius 3 is 2.57 bits per heavy atom. The standard InChI is InChI=1S/C15H17FN4O3/c1-9(15-18-10(2)19-23-15)20(3)13(21)8-17-14(22)11-4-6-12(16)7-5-11/h4-7,9H,8H2,1-3H3,(H,17,22). The summed E-state index contributed by atoms with van der Waals surface area (Å²) in [4.78, 5) is 29.5. The smallest absolute Gasteiger partial charge is 0.251 e. The highest BCUT2D eigenvalue weighted by molar-refractivity contribution is 5.96. The van der Waals surface area contributed by atoms with Crippen molar-refractivity contribution in [3.05, 3.63) is 47.4 Å². The first kappa shape index (κ1) is 16.6. The molecule has 0 radical (unpaired) electrons. The van der Waals surface area contributed by atoms with Crippen LogP contribution in [0.3, 0.4) is 0 Å². The van der Waals surface area contributed by atoms with Gasteiger partial charge in [-0.15, -0.1) is 0 Å². The molecule has 0 fully saturated rings. The van der Waals surface area contributed by atoms with E-state index in [0.717, 1.165) is 0 Å². The van der Waals surface area contributed by atoms with Gasteiger partial charge in [0.05, 0.1) is 6.54 Å². The van der Waals surface area contributed by atoms with Crippen LogP contribution < -0.4 is 5.32 Å². The van der Waals surface area contributed by atoms with E-state index in [2.05, 4.69) is 15.5 Å². The maximum absolute atomic E-state index is 12.8. The lowest BCUT2D eigenvalue weighted by molar-refractivity contribution is -0.131. The summed E-state index contributed by atoms with van der Waals surface area (Å²) in [6, 6.07) is 4.66. The van der Waals surface area contributed by atoms with Crippen LogP contribution in [0.2, 0.25) is 0 Å². The Morgan fingerprint density at radius 2 is 2.00 bits per heavy atom. The fraction of sp³-hybridized carbons (Fsp3) is 0.333. The number of hydrogen-bond acceptors (Lipinski definition) is 5. The molecular weight excluding hydrogens is 303 g/mol. The maximum atomic E-state index is 12.8. The highest BCUT2D eigenvalue weighted by Crippen LogP contribution is 2.16. The summed E-state index contributed by atoms with van der Waals surface area (Å²) in [7, 11) is 1.58. The van der Waals surface area contributed by atoms with Crippen molar-refractivity contribution in [3.8, 4) is 0 Å². The number of aryl methyl sites for hydroxylation is 1. The molecule has 1 aromatic heterocycles. The van der Waals surface area contributed by atoms with Gasteiger partial charge in [0.25, 0.3) is 5.91 Å². The van der Waals surface area contributed by atoms with Crippen molar-refractivity contribution in [1.29, 1.82) is 0 Å². The molecule has 8 heteroatoms. The van der Waals surface area contributed by atoms with E-state index >= 15 is 0 Å². The lowest BCUT2D eigenvalue weighted by Crippen LogP contribution is -2.39. The summed E-state index contributed by atoms with van der Waals surface area (Å²) in [5.41, 5.74) is 0.280. The van der Waals surface area contributed by atoms with E-state index in [9.17, 15) is 14.0 Å². The van der Waals surface area contributed by atoms with Crippen molar-refractivity contribution in [2.45, 2.75) is 19.9 Å². The summed E-state index contributed by atoms with van der Waals surface area (Å²) < 4.78 is 17.8. The SMILES string of the molecule is Cc1noc(C(C)N(C)C(=O)CNC(=O)c2ccc(F)cc2)n1. The molecular formula is C15H17FN4O3. The number of benzene rings is 1. The average Bonchev–Trinajstić information content (AvgIpc) is 2.98. The van der Waals surface area contributed by atoms with Gasteiger partial charge >= 0.3 is 0 Å². The Labute approximate surface area is 132 Å². The molecule has 0 aliphatic heterocycles. The van der Waals surface area contributed by atoms with Gasteiger partial charge in [-0.2, -0.15) is 4.98 Å². The molecule has 2 aromatic rings. The first-order valence-corrected chi connectivity index (χ1v) is 6.98. The predicted molar refractivity (Wildman–Crippen MR) is 79.0 cm³/mol. The van der Waals surface area contributed by atoms with Crippen LogP contribution in [0.5, 0.6) is 0 Å². The maximum Gasteiger partial charge on any atom is 0.251 e. The zero-order chi connectivity index (χ0) is 17.0. The third kappa shape index (κ3) is 4.12. The van der Waals surface area contributed by atoms with Gasteiger partial charge in [0.1, 0.15) is 11.9 Å². The van der Waals surface area contributed by atoms with E-state index in [1.807, 2.05) is 0 Å². The van der Waals surface area contributed by atoms with Crippen LogP contribution in [0, 0.1) is 12.7 Å². The first-order valence-electron chi connectivity index (χ1n) is 6.98. The molecule has 1 unspecified atom stereocenters. The molecule has 7 nitrogen and oxygen atoms in total. The minimum absolute atomic E-state index is 0.190. The second kappa shape index (κ2) is 6.99. The molecule has 23 heavy (non-hydrogen) atoms. The normalized spacial score (nSPS) is 11.8. The van der Waals surface area contributed by atoms with Crippen molar-refractivity contribution < 1.29 is 18.5 Å². The lowest BCUT2D eigenvalue weighted by atomic mass is 10.2. The van der Waals surface area contributed by atoms with E-state index in [4.69, 9.17) is 4.52 Å². The lowest BCUT2D eigenvalue weighted by Gasteiger charge is -2.22. The topological polar surface area (TPSA) is 88.3 Å². The van der Waals surface area contributed by atoms with Crippen LogP contribution in [0.4, 0.5) is 4.39 Å². The number of carbonyl (C=O) groups excluding carboxylic acids is 2. The van der Waals surface area contributed by atoms with Gasteiger partial charge in [-0.1, -0.05) is 5.16 Å². The van der Waals surface area contributed by atoms with Crippen LogP contribution in [0.25, 0.3) is 0 Å². The number of likely N-dealkylation sites (N-methyl/N-ethyl adjacent to an activating group) is 1. The van der Waals surface area contributed by atoms with E-state index in [0.29, 0.717) is 11.7 Å². The second-order valence-electron chi connectivity index (χ2n) is 5.05. The van der Waals surface area contributed by atoms with E-state index in [1.165, 1.54) is 29.2 Å². The zero-order valence-corrected chi connectivity index (χ0v) is 13.0. The number of rotatable bonds is 5. The van der Waals surface area contributed by atoms with E-state index < -0.39 is 17.8 Å². The van der Waals surface area contributed by atoms with Crippen LogP contribution in [0.1, 0.15) is 35.0 Å². The molecule has 0 spiro atoms. The molecule has 0 saturated carbocycles. The largest absolute Gasteiger partial charge is 0.343 e. The van der Waals surface area contributed by atoms with Crippen molar-refractivity contribution in [1.82, 2.24) is 20.4 Å². The van der Waals surface area contributed by atoms with Crippen LogP contribution in [-0.4, -0.2) is 40.4 Å². The molecule has 1 aromatic carbocycles. The molecule has 0 aliphatic carbocycles. The second-order valence-corrected chi connectivity index (χ2v) is 5.05. The Morgan fingerprint density at radius 1 is 1.35 bits per heavy atom. The van der Waals surface area contributed by atoms with Crippen LogP contribution >= 0.6 is 0 Å². The Balaban J connectivity index is 1.91. The fourth-order valence-corrected chi connectivity index (χ4v) is 1.85. The Hall–Kier alpha value is -2.77. The number of nitrogens with zero attached hydrogens (tertiary/aromatic N) is 3. The van der Waals surface area contributed by atoms with Crippen molar-refractivity contribution >= 4 is 11.8 Å². The number of nitrogens with one attached hydrogen (secondary N) is 1. The zero-order valence-electron chi connectivity index (χ0n) is 13.0. The molecule has 0 bridgehead atoms. The molecule has 1 heterocycles. The Bertz CT molecular complexity index is 699. The van der Waals surface area contributed by atoms with Gasteiger partial charge < -0.3 is 14.7 Å². The third-order valence-corrected chi connectivity index (χ3v) is 3.38. The summed E-state index contributed by atoms with van der Waals surface area (Å²) in [5, 5.41) is 6.17. The van der Waals surface area contributed by atoms with Gasteiger partial charge in [-0.3, -0.25) is 9.59 Å². The van der Waals surface area contributed by atoms with E-state index in [1.54, 1.807) is 20.9 Å². The number of amides is 2. The summed E-state index contributed by atoms with van der Waals surface area (Å²) in [5.74, 6) is -0.390. The fourth-order valence-electron chi connectivity index (χ4n) is 1.85. The van der Waals surface area contributed by atoms with Gasteiger partial charge in [0.2, 0.25) is 11.8 Å². The molecule has 2 amide bonds. The van der Waals surface area contributed by atoms with Gasteiger partial charge in [0.15, 0.2) is 5.82 Å². The van der Waals surface area contributed by atoms with Gasteiger partial charge in [0, 0.05) is 12.6 Å². The van der Waals surface area contributed by atoms with Gasteiger partial charge in [-0.25, -0.2) is 4.39 Å². The molecule has 2 rings (SSSR count). The summed E-state index contributed by atoms with van der Waals surface area (Å²) in [6.45, 7) is 3.24. The molecule has 0 aliphatic rings. The quantitative estimate of drug-likeness (QED) is 0.901. The molecule has 0 saturated heterocycles. The van der Waals surface area contributed by atoms with Crippen molar-refractivity contribution in [3.63, 3.8) is 0 Å². The molecule has 1 N–H and O–H groups in total. The number of carbonyl (C=O) groups is 2. The minimum atomic E-state index is -0.451. The minimum Gasteiger partial charge on any atom is -0.343 e. The average molecular weight is 320 g/mol. The highest BCUT2D eigenvalue weighted by Gasteiger charge is 2.22. The number of hydrogen-bond donors (Lipinski definition) is 1. The third-order valence-electron chi connectivity index (χ3n) is 3.38. The predicted octanol–water partition coefficient (Wildman–Crippen LogP) is 1.47. The Kier molecular flexibility index (Phi) is 5.05.